The molecule has 0 bridgehead atoms. The standard InChI is InChI=1S/C43H25N5OS/c1-3-10-26(11-4-1)27-18-20-29(21-19-27)42-46-41(28-12-5-2-6-13-28)47-43(48-42)33-16-9-15-31-34-24-30(22-23-35(34)49-39(31)33)37-40-38(45-25-44-37)32-14-7-8-17-36(32)50-40/h1-25H. The molecule has 0 saturated carbocycles. The van der Waals surface area contributed by atoms with Gasteiger partial charge in [0.25, 0.3) is 0 Å². The van der Waals surface area contributed by atoms with Gasteiger partial charge < -0.3 is 4.42 Å². The minimum atomic E-state index is 0.550. The zero-order chi connectivity index (χ0) is 33.0. The average Bonchev–Trinajstić information content (AvgIpc) is 3.77. The van der Waals surface area contributed by atoms with E-state index in [1.165, 1.54) is 4.70 Å². The lowest BCUT2D eigenvalue weighted by molar-refractivity contribution is 0.669. The molecule has 0 amide bonds. The fourth-order valence-electron chi connectivity index (χ4n) is 6.64. The lowest BCUT2D eigenvalue weighted by Gasteiger charge is -2.09. The number of nitrogens with zero attached hydrogens (tertiary/aromatic N) is 5. The van der Waals surface area contributed by atoms with E-state index in [0.717, 1.165) is 76.6 Å². The monoisotopic (exact) mass is 659 g/mol. The Kier molecular flexibility index (Phi) is 6.57. The van der Waals surface area contributed by atoms with Crippen LogP contribution in [-0.4, -0.2) is 24.9 Å². The molecule has 10 rings (SSSR count). The Bertz CT molecular complexity index is 2860. The van der Waals surface area contributed by atoms with Gasteiger partial charge in [-0.3, -0.25) is 0 Å². The summed E-state index contributed by atoms with van der Waals surface area (Å²) in [4.78, 5) is 24.4. The van der Waals surface area contributed by atoms with E-state index >= 15 is 0 Å². The zero-order valence-electron chi connectivity index (χ0n) is 26.5. The van der Waals surface area contributed by atoms with Crippen molar-refractivity contribution in [2.24, 2.45) is 0 Å². The van der Waals surface area contributed by atoms with Gasteiger partial charge in [-0.1, -0.05) is 115 Å². The highest BCUT2D eigenvalue weighted by Crippen LogP contribution is 2.41. The van der Waals surface area contributed by atoms with Crippen molar-refractivity contribution < 1.29 is 4.42 Å². The third-order valence-corrected chi connectivity index (χ3v) is 10.3. The number of hydrogen-bond acceptors (Lipinski definition) is 7. The largest absolute Gasteiger partial charge is 0.455 e. The Balaban J connectivity index is 1.12. The van der Waals surface area contributed by atoms with Gasteiger partial charge in [0, 0.05) is 37.5 Å². The molecule has 6 nitrogen and oxygen atoms in total. The summed E-state index contributed by atoms with van der Waals surface area (Å²) in [5.41, 5.74) is 9.33. The van der Waals surface area contributed by atoms with E-state index in [0.29, 0.717) is 17.5 Å². The van der Waals surface area contributed by atoms with Gasteiger partial charge in [-0.15, -0.1) is 11.3 Å². The molecule has 7 heteroatoms. The van der Waals surface area contributed by atoms with Crippen LogP contribution >= 0.6 is 11.3 Å². The number of furan rings is 1. The van der Waals surface area contributed by atoms with Crippen molar-refractivity contribution in [1.29, 1.82) is 0 Å². The molecule has 234 valence electrons. The smallest absolute Gasteiger partial charge is 0.167 e. The summed E-state index contributed by atoms with van der Waals surface area (Å²) < 4.78 is 8.86. The zero-order valence-corrected chi connectivity index (χ0v) is 27.3. The summed E-state index contributed by atoms with van der Waals surface area (Å²) >= 11 is 1.72. The first-order valence-corrected chi connectivity index (χ1v) is 17.1. The van der Waals surface area contributed by atoms with Gasteiger partial charge in [-0.25, -0.2) is 24.9 Å². The maximum atomic E-state index is 6.59. The van der Waals surface area contributed by atoms with Gasteiger partial charge in [0.05, 0.1) is 21.5 Å². The van der Waals surface area contributed by atoms with Crippen molar-refractivity contribution in [1.82, 2.24) is 24.9 Å². The van der Waals surface area contributed by atoms with Crippen molar-refractivity contribution >= 4 is 53.6 Å². The van der Waals surface area contributed by atoms with Crippen LogP contribution in [-0.2, 0) is 0 Å². The SMILES string of the molecule is c1ccc(-c2ccc(-c3nc(-c4ccccc4)nc(-c4cccc5c4oc4ccc(-c6ncnc7c6sc6ccccc67)cc45)n3)cc2)cc1. The van der Waals surface area contributed by atoms with Gasteiger partial charge >= 0.3 is 0 Å². The second-order valence-corrected chi connectivity index (χ2v) is 13.2. The number of rotatable bonds is 5. The van der Waals surface area contributed by atoms with Crippen LogP contribution in [0.2, 0.25) is 0 Å². The van der Waals surface area contributed by atoms with Crippen LogP contribution in [0.25, 0.3) is 98.8 Å². The maximum absolute atomic E-state index is 6.59. The molecule has 0 saturated heterocycles. The van der Waals surface area contributed by atoms with Gasteiger partial charge in [0.1, 0.15) is 17.5 Å². The molecule has 0 aliphatic heterocycles. The minimum Gasteiger partial charge on any atom is -0.455 e. The quantitative estimate of drug-likeness (QED) is 0.183. The van der Waals surface area contributed by atoms with Crippen LogP contribution in [0, 0.1) is 0 Å². The first-order chi connectivity index (χ1) is 24.8. The number of fused-ring (bicyclic) bond motifs is 6. The van der Waals surface area contributed by atoms with Crippen LogP contribution < -0.4 is 0 Å². The molecule has 0 unspecified atom stereocenters. The van der Waals surface area contributed by atoms with Crippen molar-refractivity contribution in [2.75, 3.05) is 0 Å². The van der Waals surface area contributed by atoms with E-state index in [1.807, 2.05) is 66.7 Å². The van der Waals surface area contributed by atoms with E-state index in [4.69, 9.17) is 24.4 Å². The van der Waals surface area contributed by atoms with E-state index in [2.05, 4.69) is 83.8 Å². The highest BCUT2D eigenvalue weighted by molar-refractivity contribution is 7.26. The molecular weight excluding hydrogens is 635 g/mol. The molecule has 0 fully saturated rings. The number of aromatic nitrogens is 5. The van der Waals surface area contributed by atoms with Gasteiger partial charge in [0.2, 0.25) is 0 Å². The Morgan fingerprint density at radius 2 is 1.08 bits per heavy atom. The fourth-order valence-corrected chi connectivity index (χ4v) is 7.80. The van der Waals surface area contributed by atoms with E-state index in [1.54, 1.807) is 17.7 Å². The fraction of sp³-hybridized carbons (Fsp3) is 0. The summed E-state index contributed by atoms with van der Waals surface area (Å²) in [5.74, 6) is 1.75. The first-order valence-electron chi connectivity index (χ1n) is 16.3. The lowest BCUT2D eigenvalue weighted by atomic mass is 10.0. The Labute approximate surface area is 290 Å². The minimum absolute atomic E-state index is 0.550. The molecule has 4 heterocycles. The maximum Gasteiger partial charge on any atom is 0.167 e. The molecule has 0 N–H and O–H groups in total. The van der Waals surface area contributed by atoms with Crippen LogP contribution in [0.1, 0.15) is 0 Å². The van der Waals surface area contributed by atoms with Crippen molar-refractivity contribution in [3.8, 4) is 56.5 Å². The molecular formula is C43H25N5OS. The molecule has 10 aromatic rings. The average molecular weight is 660 g/mol. The lowest BCUT2D eigenvalue weighted by Crippen LogP contribution is -2.00. The third kappa shape index (κ3) is 4.75. The molecule has 50 heavy (non-hydrogen) atoms. The topological polar surface area (TPSA) is 77.6 Å². The van der Waals surface area contributed by atoms with Crippen molar-refractivity contribution in [3.05, 3.63) is 152 Å². The molecule has 0 atom stereocenters. The van der Waals surface area contributed by atoms with Crippen molar-refractivity contribution in [3.63, 3.8) is 0 Å². The Morgan fingerprint density at radius 1 is 0.460 bits per heavy atom. The van der Waals surface area contributed by atoms with E-state index in [9.17, 15) is 0 Å². The summed E-state index contributed by atoms with van der Waals surface area (Å²) in [6, 6.07) is 49.5. The van der Waals surface area contributed by atoms with Crippen LogP contribution in [0.5, 0.6) is 0 Å². The molecule has 0 aliphatic rings. The van der Waals surface area contributed by atoms with Gasteiger partial charge in [-0.05, 0) is 41.5 Å². The number of thiophene rings is 1. The summed E-state index contributed by atoms with van der Waals surface area (Å²) in [7, 11) is 0. The molecule has 0 radical (unpaired) electrons. The van der Waals surface area contributed by atoms with Gasteiger partial charge in [0.15, 0.2) is 17.5 Å². The molecule has 0 aliphatic carbocycles. The highest BCUT2D eigenvalue weighted by Gasteiger charge is 2.19. The van der Waals surface area contributed by atoms with E-state index < -0.39 is 0 Å². The van der Waals surface area contributed by atoms with Crippen LogP contribution in [0.3, 0.4) is 0 Å². The number of para-hydroxylation sites is 1. The molecule has 0 spiro atoms. The van der Waals surface area contributed by atoms with Gasteiger partial charge in [-0.2, -0.15) is 0 Å². The second-order valence-electron chi connectivity index (χ2n) is 12.1. The molecule has 6 aromatic carbocycles. The predicted octanol–water partition coefficient (Wildman–Crippen LogP) is 11.3. The normalized spacial score (nSPS) is 11.6. The van der Waals surface area contributed by atoms with Crippen LogP contribution in [0.4, 0.5) is 0 Å². The second kappa shape index (κ2) is 11.5. The first kappa shape index (κ1) is 28.4. The molecule has 4 aromatic heterocycles. The highest BCUT2D eigenvalue weighted by atomic mass is 32.1. The number of hydrogen-bond donors (Lipinski definition) is 0. The summed E-state index contributed by atoms with van der Waals surface area (Å²) in [5, 5.41) is 3.13. The third-order valence-electron chi connectivity index (χ3n) is 9.09. The summed E-state index contributed by atoms with van der Waals surface area (Å²) in [6.45, 7) is 0. The Hall–Kier alpha value is -6.57. The van der Waals surface area contributed by atoms with E-state index in [-0.39, 0.29) is 0 Å². The van der Waals surface area contributed by atoms with Crippen molar-refractivity contribution in [2.45, 2.75) is 0 Å². The van der Waals surface area contributed by atoms with Crippen LogP contribution in [0.15, 0.2) is 156 Å². The summed E-state index contributed by atoms with van der Waals surface area (Å²) in [6.07, 6.45) is 1.66. The predicted molar refractivity (Wildman–Crippen MR) is 203 cm³/mol. The number of benzene rings is 6. The Morgan fingerprint density at radius 3 is 1.88 bits per heavy atom.